The number of aromatic nitrogens is 1. The lowest BCUT2D eigenvalue weighted by Gasteiger charge is -2.11. The van der Waals surface area contributed by atoms with E-state index >= 15 is 0 Å². The van der Waals surface area contributed by atoms with Crippen LogP contribution in [0.4, 0.5) is 13.2 Å². The number of nitrogens with one attached hydrogen (secondary N) is 2. The van der Waals surface area contributed by atoms with Gasteiger partial charge in [-0.2, -0.15) is 13.2 Å². The number of oxazole rings is 1. The van der Waals surface area contributed by atoms with Gasteiger partial charge in [0.1, 0.15) is 12.0 Å². The summed E-state index contributed by atoms with van der Waals surface area (Å²) < 4.78 is 47.3. The van der Waals surface area contributed by atoms with E-state index in [-0.39, 0.29) is 12.3 Å². The molecule has 0 aliphatic rings. The summed E-state index contributed by atoms with van der Waals surface area (Å²) in [6, 6.07) is 16.0. The number of benzene rings is 2. The van der Waals surface area contributed by atoms with Gasteiger partial charge >= 0.3 is 6.18 Å². The molecule has 6 nitrogen and oxygen atoms in total. The predicted molar refractivity (Wildman–Crippen MR) is 112 cm³/mol. The Morgan fingerprint density at radius 1 is 1.10 bits per heavy atom. The van der Waals surface area contributed by atoms with Gasteiger partial charge in [-0.1, -0.05) is 30.3 Å². The molecule has 1 heterocycles. The van der Waals surface area contributed by atoms with Gasteiger partial charge in [0.15, 0.2) is 12.6 Å². The maximum absolute atomic E-state index is 12.3. The van der Waals surface area contributed by atoms with Crippen molar-refractivity contribution in [3.05, 3.63) is 72.1 Å². The van der Waals surface area contributed by atoms with E-state index in [1.165, 1.54) is 6.07 Å². The number of aliphatic imine (C=N–C) groups is 1. The summed E-state index contributed by atoms with van der Waals surface area (Å²) in [6.07, 6.45) is -2.79. The standard InChI is InChI=1S/C22H23F3N4O2/c1-2-26-21(27-12-16-7-6-10-19(11-16)31-15-22(23,24)25)28-13-18-14-30-20(29-18)17-8-4-3-5-9-17/h3-11,14H,2,12-13,15H2,1H3,(H2,26,27,28). The molecular formula is C22H23F3N4O2. The Hall–Kier alpha value is -3.49. The van der Waals surface area contributed by atoms with Gasteiger partial charge in [0.2, 0.25) is 5.89 Å². The second-order valence-corrected chi connectivity index (χ2v) is 6.61. The predicted octanol–water partition coefficient (Wildman–Crippen LogP) is 4.54. The summed E-state index contributed by atoms with van der Waals surface area (Å²) in [6.45, 7) is 1.93. The van der Waals surface area contributed by atoms with Gasteiger partial charge in [0.05, 0.1) is 18.8 Å². The zero-order valence-electron chi connectivity index (χ0n) is 16.9. The quantitative estimate of drug-likeness (QED) is 0.404. The Bertz CT molecular complexity index is 988. The van der Waals surface area contributed by atoms with Crippen molar-refractivity contribution in [3.63, 3.8) is 0 Å². The fourth-order valence-electron chi connectivity index (χ4n) is 2.69. The molecule has 0 saturated carbocycles. The topological polar surface area (TPSA) is 71.7 Å². The van der Waals surface area contributed by atoms with Gasteiger partial charge in [-0.15, -0.1) is 0 Å². The average Bonchev–Trinajstić information content (AvgIpc) is 3.24. The largest absolute Gasteiger partial charge is 0.484 e. The van der Waals surface area contributed by atoms with Gasteiger partial charge in [0.25, 0.3) is 0 Å². The van der Waals surface area contributed by atoms with Crippen molar-refractivity contribution >= 4 is 5.96 Å². The molecule has 3 aromatic rings. The molecule has 31 heavy (non-hydrogen) atoms. The molecular weight excluding hydrogens is 409 g/mol. The Kier molecular flexibility index (Phi) is 7.53. The first-order chi connectivity index (χ1) is 14.9. The van der Waals surface area contributed by atoms with E-state index in [0.29, 0.717) is 30.6 Å². The van der Waals surface area contributed by atoms with Gasteiger partial charge in [-0.25, -0.2) is 9.98 Å². The Morgan fingerprint density at radius 3 is 2.65 bits per heavy atom. The number of halogens is 3. The van der Waals surface area contributed by atoms with E-state index < -0.39 is 12.8 Å². The maximum Gasteiger partial charge on any atom is 0.422 e. The number of hydrogen-bond acceptors (Lipinski definition) is 4. The van der Waals surface area contributed by atoms with Crippen molar-refractivity contribution in [1.29, 1.82) is 0 Å². The van der Waals surface area contributed by atoms with E-state index in [1.54, 1.807) is 24.5 Å². The monoisotopic (exact) mass is 432 g/mol. The molecule has 0 aliphatic heterocycles. The summed E-state index contributed by atoms with van der Waals surface area (Å²) in [5.41, 5.74) is 2.33. The van der Waals surface area contributed by atoms with Crippen LogP contribution in [-0.4, -0.2) is 30.3 Å². The highest BCUT2D eigenvalue weighted by molar-refractivity contribution is 5.79. The molecule has 0 saturated heterocycles. The fraction of sp³-hybridized carbons (Fsp3) is 0.273. The van der Waals surface area contributed by atoms with Crippen molar-refractivity contribution < 1.29 is 22.3 Å². The lowest BCUT2D eigenvalue weighted by molar-refractivity contribution is -0.153. The minimum atomic E-state index is -4.38. The van der Waals surface area contributed by atoms with Crippen LogP contribution in [0.5, 0.6) is 5.75 Å². The van der Waals surface area contributed by atoms with Crippen molar-refractivity contribution in [3.8, 4) is 17.2 Å². The van der Waals surface area contributed by atoms with Crippen molar-refractivity contribution in [2.45, 2.75) is 26.2 Å². The van der Waals surface area contributed by atoms with Crippen molar-refractivity contribution in [2.24, 2.45) is 4.99 Å². The molecule has 0 amide bonds. The molecule has 0 spiro atoms. The fourth-order valence-corrected chi connectivity index (χ4v) is 2.69. The average molecular weight is 432 g/mol. The van der Waals surface area contributed by atoms with Crippen LogP contribution in [0.1, 0.15) is 18.2 Å². The zero-order valence-corrected chi connectivity index (χ0v) is 16.9. The van der Waals surface area contributed by atoms with Crippen LogP contribution >= 0.6 is 0 Å². The number of hydrogen-bond donors (Lipinski definition) is 2. The summed E-state index contributed by atoms with van der Waals surface area (Å²) >= 11 is 0. The van der Waals surface area contributed by atoms with Crippen LogP contribution in [0, 0.1) is 0 Å². The van der Waals surface area contributed by atoms with Gasteiger partial charge in [-0.3, -0.25) is 0 Å². The third-order valence-corrected chi connectivity index (χ3v) is 4.07. The molecule has 1 aromatic heterocycles. The number of guanidine groups is 1. The molecule has 3 rings (SSSR count). The molecule has 0 unspecified atom stereocenters. The lowest BCUT2D eigenvalue weighted by atomic mass is 10.2. The van der Waals surface area contributed by atoms with E-state index in [1.807, 2.05) is 37.3 Å². The molecule has 0 bridgehead atoms. The van der Waals surface area contributed by atoms with Crippen LogP contribution in [-0.2, 0) is 13.1 Å². The smallest absolute Gasteiger partial charge is 0.422 e. The number of rotatable bonds is 8. The molecule has 0 radical (unpaired) electrons. The second kappa shape index (κ2) is 10.5. The first kappa shape index (κ1) is 22.2. The highest BCUT2D eigenvalue weighted by Crippen LogP contribution is 2.20. The van der Waals surface area contributed by atoms with Crippen LogP contribution in [0.3, 0.4) is 0 Å². The van der Waals surface area contributed by atoms with Crippen molar-refractivity contribution in [1.82, 2.24) is 15.6 Å². The van der Waals surface area contributed by atoms with Gasteiger partial charge in [0, 0.05) is 12.1 Å². The third-order valence-electron chi connectivity index (χ3n) is 4.07. The molecule has 0 atom stereocenters. The Morgan fingerprint density at radius 2 is 1.90 bits per heavy atom. The summed E-state index contributed by atoms with van der Waals surface area (Å²) in [7, 11) is 0. The molecule has 9 heteroatoms. The van der Waals surface area contributed by atoms with E-state index in [0.717, 1.165) is 11.1 Å². The van der Waals surface area contributed by atoms with Crippen LogP contribution in [0.2, 0.25) is 0 Å². The van der Waals surface area contributed by atoms with Crippen LogP contribution < -0.4 is 15.4 Å². The molecule has 0 aliphatic carbocycles. The zero-order chi connectivity index (χ0) is 22.1. The Balaban J connectivity index is 1.59. The van der Waals surface area contributed by atoms with E-state index in [2.05, 4.69) is 20.6 Å². The molecule has 0 fully saturated rings. The van der Waals surface area contributed by atoms with E-state index in [4.69, 9.17) is 9.15 Å². The van der Waals surface area contributed by atoms with Crippen LogP contribution in [0.15, 0.2) is 70.3 Å². The Labute approximate surface area is 178 Å². The first-order valence-corrected chi connectivity index (χ1v) is 9.73. The second-order valence-electron chi connectivity index (χ2n) is 6.61. The van der Waals surface area contributed by atoms with Gasteiger partial charge in [-0.05, 0) is 36.8 Å². The maximum atomic E-state index is 12.3. The van der Waals surface area contributed by atoms with Crippen LogP contribution in [0.25, 0.3) is 11.5 Å². The summed E-state index contributed by atoms with van der Waals surface area (Å²) in [4.78, 5) is 8.93. The number of nitrogens with zero attached hydrogens (tertiary/aromatic N) is 2. The highest BCUT2D eigenvalue weighted by atomic mass is 19.4. The number of alkyl halides is 3. The minimum absolute atomic E-state index is 0.152. The molecule has 2 aromatic carbocycles. The normalized spacial score (nSPS) is 11.9. The number of ether oxygens (including phenoxy) is 1. The minimum Gasteiger partial charge on any atom is -0.484 e. The third kappa shape index (κ3) is 7.36. The van der Waals surface area contributed by atoms with E-state index in [9.17, 15) is 13.2 Å². The first-order valence-electron chi connectivity index (χ1n) is 9.73. The SMILES string of the molecule is CCNC(=NCc1cccc(OCC(F)(F)F)c1)NCc1coc(-c2ccccc2)n1. The summed E-state index contributed by atoms with van der Waals surface area (Å²) in [5, 5.41) is 6.29. The molecule has 164 valence electrons. The summed E-state index contributed by atoms with van der Waals surface area (Å²) in [5.74, 6) is 1.24. The lowest BCUT2D eigenvalue weighted by Crippen LogP contribution is -2.36. The molecule has 2 N–H and O–H groups in total. The highest BCUT2D eigenvalue weighted by Gasteiger charge is 2.28. The van der Waals surface area contributed by atoms with Crippen molar-refractivity contribution in [2.75, 3.05) is 13.2 Å². The van der Waals surface area contributed by atoms with Gasteiger partial charge < -0.3 is 19.8 Å².